The second kappa shape index (κ2) is 5.09. The molecule has 1 fully saturated rings. The van der Waals surface area contributed by atoms with Crippen LogP contribution in [0.4, 0.5) is 0 Å². The van der Waals surface area contributed by atoms with Crippen LogP contribution < -0.4 is 11.1 Å². The van der Waals surface area contributed by atoms with E-state index in [1.165, 1.54) is 14.2 Å². The summed E-state index contributed by atoms with van der Waals surface area (Å²) in [6.07, 6.45) is 1.12. The minimum absolute atomic E-state index is 0.0154. The Kier molecular flexibility index (Phi) is 4.05. The van der Waals surface area contributed by atoms with Gasteiger partial charge in [-0.1, -0.05) is 0 Å². The van der Waals surface area contributed by atoms with Crippen molar-refractivity contribution in [2.75, 3.05) is 20.7 Å². The third-order valence-corrected chi connectivity index (χ3v) is 2.60. The van der Waals surface area contributed by atoms with Crippen molar-refractivity contribution in [3.8, 4) is 0 Å². The van der Waals surface area contributed by atoms with Crippen LogP contribution in [0, 0.1) is 5.92 Å². The molecule has 1 aliphatic rings. The lowest BCUT2D eigenvalue weighted by molar-refractivity contribution is -0.170. The first kappa shape index (κ1) is 11.9. The van der Waals surface area contributed by atoms with Crippen LogP contribution in [0.1, 0.15) is 12.8 Å². The lowest BCUT2D eigenvalue weighted by Gasteiger charge is -2.19. The number of likely N-dealkylation sites (N-methyl/N-ethyl adjacent to an activating group) is 1. The molecule has 1 rings (SSSR count). The van der Waals surface area contributed by atoms with E-state index < -0.39 is 6.04 Å². The predicted molar refractivity (Wildman–Crippen MR) is 53.5 cm³/mol. The number of hydroxylamine groups is 2. The van der Waals surface area contributed by atoms with Crippen molar-refractivity contribution in [2.45, 2.75) is 18.9 Å². The first-order chi connectivity index (χ1) is 7.06. The molecule has 1 saturated heterocycles. The maximum atomic E-state index is 11.5. The van der Waals surface area contributed by atoms with Gasteiger partial charge in [0, 0.05) is 19.5 Å². The summed E-state index contributed by atoms with van der Waals surface area (Å²) in [7, 11) is 2.89. The van der Waals surface area contributed by atoms with Gasteiger partial charge < -0.3 is 11.1 Å². The predicted octanol–water partition coefficient (Wildman–Crippen LogP) is -1.14. The van der Waals surface area contributed by atoms with Gasteiger partial charge in [0.05, 0.1) is 13.2 Å². The van der Waals surface area contributed by atoms with Crippen LogP contribution in [-0.4, -0.2) is 43.6 Å². The third-order valence-electron chi connectivity index (χ3n) is 2.60. The molecular formula is C9H17N3O3. The highest BCUT2D eigenvalue weighted by Gasteiger charge is 2.29. The zero-order valence-corrected chi connectivity index (χ0v) is 9.03. The molecule has 6 heteroatoms. The van der Waals surface area contributed by atoms with Gasteiger partial charge in [0.25, 0.3) is 5.91 Å². The number of nitrogens with two attached hydrogens (primary N) is 1. The second-order valence-corrected chi connectivity index (χ2v) is 3.64. The summed E-state index contributed by atoms with van der Waals surface area (Å²) < 4.78 is 0. The van der Waals surface area contributed by atoms with Gasteiger partial charge in [-0.2, -0.15) is 0 Å². The van der Waals surface area contributed by atoms with Crippen LogP contribution in [0.25, 0.3) is 0 Å². The maximum Gasteiger partial charge on any atom is 0.262 e. The molecule has 3 N–H and O–H groups in total. The Balaban J connectivity index is 2.44. The average Bonchev–Trinajstić information content (AvgIpc) is 2.62. The van der Waals surface area contributed by atoms with Gasteiger partial charge in [0.15, 0.2) is 0 Å². The van der Waals surface area contributed by atoms with E-state index in [0.717, 1.165) is 11.5 Å². The Bertz CT molecular complexity index is 257. The highest BCUT2D eigenvalue weighted by molar-refractivity contribution is 5.84. The van der Waals surface area contributed by atoms with Crippen LogP contribution in [0.5, 0.6) is 0 Å². The summed E-state index contributed by atoms with van der Waals surface area (Å²) in [6.45, 7) is 0.671. The van der Waals surface area contributed by atoms with Crippen molar-refractivity contribution in [3.05, 3.63) is 0 Å². The number of nitrogens with zero attached hydrogens (tertiary/aromatic N) is 1. The highest BCUT2D eigenvalue weighted by Crippen LogP contribution is 2.15. The Morgan fingerprint density at radius 2 is 2.47 bits per heavy atom. The molecule has 0 aromatic heterocycles. The van der Waals surface area contributed by atoms with Crippen LogP contribution >= 0.6 is 0 Å². The Labute approximate surface area is 88.7 Å². The number of hydrogen-bond acceptors (Lipinski definition) is 4. The summed E-state index contributed by atoms with van der Waals surface area (Å²) in [6, 6.07) is -0.677. The molecule has 1 unspecified atom stereocenters. The summed E-state index contributed by atoms with van der Waals surface area (Å²) >= 11 is 0. The molecule has 0 bridgehead atoms. The normalized spacial score (nSPS) is 22.3. The molecule has 0 aromatic rings. The minimum Gasteiger partial charge on any atom is -0.356 e. The minimum atomic E-state index is -0.677. The highest BCUT2D eigenvalue weighted by atomic mass is 16.7. The zero-order chi connectivity index (χ0) is 11.4. The molecule has 2 atom stereocenters. The van der Waals surface area contributed by atoms with E-state index in [9.17, 15) is 9.59 Å². The van der Waals surface area contributed by atoms with Crippen LogP contribution in [0.15, 0.2) is 0 Å². The number of nitrogens with one attached hydrogen (secondary N) is 1. The molecule has 1 aliphatic heterocycles. The lowest BCUT2D eigenvalue weighted by atomic mass is 9.98. The van der Waals surface area contributed by atoms with Crippen molar-refractivity contribution in [1.29, 1.82) is 0 Å². The molecule has 0 saturated carbocycles. The van der Waals surface area contributed by atoms with Crippen molar-refractivity contribution < 1.29 is 14.4 Å². The first-order valence-electron chi connectivity index (χ1n) is 4.91. The lowest BCUT2D eigenvalue weighted by Crippen LogP contribution is -2.43. The van der Waals surface area contributed by atoms with Crippen molar-refractivity contribution >= 4 is 11.8 Å². The smallest absolute Gasteiger partial charge is 0.262 e. The van der Waals surface area contributed by atoms with Gasteiger partial charge in [0.2, 0.25) is 5.91 Å². The van der Waals surface area contributed by atoms with E-state index >= 15 is 0 Å². The number of carbonyl (C=O) groups excluding carboxylic acids is 2. The van der Waals surface area contributed by atoms with E-state index in [2.05, 4.69) is 5.32 Å². The average molecular weight is 215 g/mol. The Hall–Kier alpha value is -1.14. The number of rotatable bonds is 4. The monoisotopic (exact) mass is 215 g/mol. The summed E-state index contributed by atoms with van der Waals surface area (Å²) in [5.41, 5.74) is 5.68. The van der Waals surface area contributed by atoms with Gasteiger partial charge in [-0.25, -0.2) is 5.06 Å². The van der Waals surface area contributed by atoms with E-state index in [1.54, 1.807) is 0 Å². The SMILES string of the molecule is CON(C)C(=O)C(N)C[C@@H]1CCNC1=O. The van der Waals surface area contributed by atoms with Crippen LogP contribution in [-0.2, 0) is 14.4 Å². The molecule has 0 spiro atoms. The van der Waals surface area contributed by atoms with Crippen molar-refractivity contribution in [1.82, 2.24) is 10.4 Å². The fraction of sp³-hybridized carbons (Fsp3) is 0.778. The van der Waals surface area contributed by atoms with Crippen molar-refractivity contribution in [2.24, 2.45) is 11.7 Å². The van der Waals surface area contributed by atoms with Gasteiger partial charge in [-0.3, -0.25) is 14.4 Å². The van der Waals surface area contributed by atoms with E-state index in [1.807, 2.05) is 0 Å². The fourth-order valence-electron chi connectivity index (χ4n) is 1.60. The van der Waals surface area contributed by atoms with E-state index in [-0.39, 0.29) is 17.7 Å². The van der Waals surface area contributed by atoms with Gasteiger partial charge in [-0.05, 0) is 12.8 Å². The third kappa shape index (κ3) is 2.90. The van der Waals surface area contributed by atoms with Crippen molar-refractivity contribution in [3.63, 3.8) is 0 Å². The standard InChI is InChI=1S/C9H17N3O3/c1-12(15-2)9(14)7(10)5-6-3-4-11-8(6)13/h6-7H,3-5,10H2,1-2H3,(H,11,13)/t6-,7?/m0/s1. The summed E-state index contributed by atoms with van der Waals surface area (Å²) in [4.78, 5) is 27.5. The fourth-order valence-corrected chi connectivity index (χ4v) is 1.60. The Morgan fingerprint density at radius 3 is 2.93 bits per heavy atom. The van der Waals surface area contributed by atoms with Gasteiger partial charge >= 0.3 is 0 Å². The molecule has 86 valence electrons. The van der Waals surface area contributed by atoms with Gasteiger partial charge in [0.1, 0.15) is 0 Å². The van der Waals surface area contributed by atoms with E-state index in [4.69, 9.17) is 10.6 Å². The molecule has 0 radical (unpaired) electrons. The van der Waals surface area contributed by atoms with Gasteiger partial charge in [-0.15, -0.1) is 0 Å². The molecule has 1 heterocycles. The van der Waals surface area contributed by atoms with Crippen LogP contribution in [0.2, 0.25) is 0 Å². The van der Waals surface area contributed by atoms with Crippen LogP contribution in [0.3, 0.4) is 0 Å². The number of hydrogen-bond donors (Lipinski definition) is 2. The quantitative estimate of drug-likeness (QED) is 0.580. The molecule has 0 aromatic carbocycles. The first-order valence-corrected chi connectivity index (χ1v) is 4.91. The largest absolute Gasteiger partial charge is 0.356 e. The maximum absolute atomic E-state index is 11.5. The topological polar surface area (TPSA) is 84.7 Å². The molecule has 6 nitrogen and oxygen atoms in total. The molecular weight excluding hydrogens is 198 g/mol. The second-order valence-electron chi connectivity index (χ2n) is 3.64. The molecule has 0 aliphatic carbocycles. The molecule has 15 heavy (non-hydrogen) atoms. The summed E-state index contributed by atoms with van der Waals surface area (Å²) in [5, 5.41) is 3.79. The molecule has 2 amide bonds. The summed E-state index contributed by atoms with van der Waals surface area (Å²) in [5.74, 6) is -0.468. The Morgan fingerprint density at radius 1 is 1.80 bits per heavy atom. The number of amides is 2. The van der Waals surface area contributed by atoms with E-state index in [0.29, 0.717) is 13.0 Å². The zero-order valence-electron chi connectivity index (χ0n) is 9.03. The number of carbonyl (C=O) groups is 2.